The Morgan fingerprint density at radius 3 is 2.64 bits per heavy atom. The van der Waals surface area contributed by atoms with Crippen molar-refractivity contribution in [3.63, 3.8) is 0 Å². The minimum Gasteiger partial charge on any atom is -0.389 e. The summed E-state index contributed by atoms with van der Waals surface area (Å²) >= 11 is 5.06. The highest BCUT2D eigenvalue weighted by Crippen LogP contribution is 2.38. The van der Waals surface area contributed by atoms with Crippen LogP contribution in [0.15, 0.2) is 18.2 Å². The first-order valence-corrected chi connectivity index (χ1v) is 5.49. The molecule has 0 spiro atoms. The highest BCUT2D eigenvalue weighted by atomic mass is 32.1. The molecule has 0 amide bonds. The molecule has 2 rings (SSSR count). The quantitative estimate of drug-likeness (QED) is 0.751. The van der Waals surface area contributed by atoms with E-state index in [1.165, 1.54) is 30.4 Å². The fourth-order valence-corrected chi connectivity index (χ4v) is 2.15. The van der Waals surface area contributed by atoms with Gasteiger partial charge in [0.05, 0.1) is 0 Å². The molecular weight excluding hydrogens is 190 g/mol. The Bertz CT molecular complexity index is 367. The first-order chi connectivity index (χ1) is 6.68. The average Bonchev–Trinajstić information content (AvgIpc) is 2.00. The van der Waals surface area contributed by atoms with Crippen molar-refractivity contribution in [2.75, 3.05) is 0 Å². The third-order valence-electron chi connectivity index (χ3n) is 3.02. The zero-order valence-corrected chi connectivity index (χ0v) is 9.23. The molecule has 1 aromatic rings. The smallest absolute Gasteiger partial charge is 0.104 e. The maximum absolute atomic E-state index is 5.71. The van der Waals surface area contributed by atoms with Crippen LogP contribution in [0.25, 0.3) is 0 Å². The van der Waals surface area contributed by atoms with E-state index in [4.69, 9.17) is 18.0 Å². The summed E-state index contributed by atoms with van der Waals surface area (Å²) in [6, 6.07) is 6.38. The Labute approximate surface area is 90.3 Å². The number of thiocarbonyl (C=S) groups is 1. The lowest BCUT2D eigenvalue weighted by atomic mass is 9.78. The molecule has 0 heterocycles. The van der Waals surface area contributed by atoms with Crippen LogP contribution in [0.2, 0.25) is 0 Å². The Morgan fingerprint density at radius 1 is 1.43 bits per heavy atom. The second-order valence-electron chi connectivity index (χ2n) is 4.08. The van der Waals surface area contributed by atoms with E-state index < -0.39 is 0 Å². The summed E-state index contributed by atoms with van der Waals surface area (Å²) in [4.78, 5) is 0.534. The van der Waals surface area contributed by atoms with Crippen molar-refractivity contribution in [3.05, 3.63) is 34.9 Å². The van der Waals surface area contributed by atoms with Crippen LogP contribution in [0.5, 0.6) is 0 Å². The van der Waals surface area contributed by atoms with E-state index in [1.807, 2.05) is 0 Å². The molecule has 1 saturated carbocycles. The van der Waals surface area contributed by atoms with Gasteiger partial charge in [-0.05, 0) is 31.2 Å². The Balaban J connectivity index is 2.42. The lowest BCUT2D eigenvalue weighted by molar-refractivity contribution is 0.419. The molecule has 1 aliphatic carbocycles. The Morgan fingerprint density at radius 2 is 2.14 bits per heavy atom. The molecule has 14 heavy (non-hydrogen) atoms. The standard InChI is InChI=1S/C12H15NS/c1-8-5-6-10(12(13)14)11(7-8)9-3-2-4-9/h5-7,9H,2-4H2,1H3,(H2,13,14). The van der Waals surface area contributed by atoms with E-state index in [1.54, 1.807) is 0 Å². The SMILES string of the molecule is Cc1ccc(C(N)=S)c(C2CCC2)c1. The number of rotatable bonds is 2. The summed E-state index contributed by atoms with van der Waals surface area (Å²) in [7, 11) is 0. The molecule has 0 atom stereocenters. The highest BCUT2D eigenvalue weighted by Gasteiger charge is 2.22. The van der Waals surface area contributed by atoms with E-state index in [0.29, 0.717) is 10.9 Å². The number of benzene rings is 1. The predicted octanol–water partition coefficient (Wildman–Crippen LogP) is 2.90. The fraction of sp³-hybridized carbons (Fsp3) is 0.417. The van der Waals surface area contributed by atoms with E-state index in [2.05, 4.69) is 25.1 Å². The summed E-state index contributed by atoms with van der Waals surface area (Å²) in [6.07, 6.45) is 3.92. The first-order valence-electron chi connectivity index (χ1n) is 5.09. The minimum atomic E-state index is 0.534. The molecule has 0 aliphatic heterocycles. The molecule has 1 fully saturated rings. The van der Waals surface area contributed by atoms with Gasteiger partial charge in [0.15, 0.2) is 0 Å². The van der Waals surface area contributed by atoms with Gasteiger partial charge in [-0.3, -0.25) is 0 Å². The molecule has 1 aliphatic rings. The topological polar surface area (TPSA) is 26.0 Å². The van der Waals surface area contributed by atoms with Crippen molar-refractivity contribution in [2.45, 2.75) is 32.1 Å². The third-order valence-corrected chi connectivity index (χ3v) is 3.24. The second-order valence-corrected chi connectivity index (χ2v) is 4.52. The number of hydrogen-bond acceptors (Lipinski definition) is 1. The monoisotopic (exact) mass is 205 g/mol. The van der Waals surface area contributed by atoms with Crippen LogP contribution in [0.1, 0.15) is 41.9 Å². The van der Waals surface area contributed by atoms with Gasteiger partial charge in [0.25, 0.3) is 0 Å². The number of hydrogen-bond donors (Lipinski definition) is 1. The molecule has 0 unspecified atom stereocenters. The van der Waals surface area contributed by atoms with Crippen LogP contribution in [0.4, 0.5) is 0 Å². The normalized spacial score (nSPS) is 16.4. The van der Waals surface area contributed by atoms with Gasteiger partial charge in [-0.2, -0.15) is 0 Å². The maximum atomic E-state index is 5.71. The number of nitrogens with two attached hydrogens (primary N) is 1. The second kappa shape index (κ2) is 3.70. The van der Waals surface area contributed by atoms with Crippen LogP contribution in [0.3, 0.4) is 0 Å². The van der Waals surface area contributed by atoms with Crippen LogP contribution >= 0.6 is 12.2 Å². The van der Waals surface area contributed by atoms with Gasteiger partial charge in [0.2, 0.25) is 0 Å². The molecule has 0 saturated heterocycles. The number of aryl methyl sites for hydroxylation is 1. The van der Waals surface area contributed by atoms with Gasteiger partial charge >= 0.3 is 0 Å². The van der Waals surface area contributed by atoms with Gasteiger partial charge < -0.3 is 5.73 Å². The van der Waals surface area contributed by atoms with Crippen LogP contribution in [0, 0.1) is 6.92 Å². The summed E-state index contributed by atoms with van der Waals surface area (Å²) < 4.78 is 0. The molecule has 74 valence electrons. The zero-order chi connectivity index (χ0) is 10.1. The third kappa shape index (κ3) is 1.67. The molecule has 2 N–H and O–H groups in total. The molecule has 1 nitrogen and oxygen atoms in total. The van der Waals surface area contributed by atoms with Crippen molar-refractivity contribution < 1.29 is 0 Å². The van der Waals surface area contributed by atoms with Gasteiger partial charge in [-0.15, -0.1) is 0 Å². The van der Waals surface area contributed by atoms with Crippen molar-refractivity contribution in [2.24, 2.45) is 5.73 Å². The van der Waals surface area contributed by atoms with Gasteiger partial charge in [0.1, 0.15) is 4.99 Å². The van der Waals surface area contributed by atoms with E-state index >= 15 is 0 Å². The molecule has 0 bridgehead atoms. The highest BCUT2D eigenvalue weighted by molar-refractivity contribution is 7.80. The molecule has 0 radical (unpaired) electrons. The zero-order valence-electron chi connectivity index (χ0n) is 8.42. The Kier molecular flexibility index (Phi) is 2.55. The van der Waals surface area contributed by atoms with Crippen LogP contribution in [-0.2, 0) is 0 Å². The summed E-state index contributed by atoms with van der Waals surface area (Å²) in [5.74, 6) is 0.700. The molecule has 1 aromatic carbocycles. The summed E-state index contributed by atoms with van der Waals surface area (Å²) in [5, 5.41) is 0. The lowest BCUT2D eigenvalue weighted by Crippen LogP contribution is -2.17. The first kappa shape index (κ1) is 9.66. The van der Waals surface area contributed by atoms with Crippen LogP contribution in [-0.4, -0.2) is 4.99 Å². The van der Waals surface area contributed by atoms with Crippen molar-refractivity contribution in [3.8, 4) is 0 Å². The van der Waals surface area contributed by atoms with E-state index in [-0.39, 0.29) is 0 Å². The lowest BCUT2D eigenvalue weighted by Gasteiger charge is -2.28. The largest absolute Gasteiger partial charge is 0.389 e. The van der Waals surface area contributed by atoms with Crippen molar-refractivity contribution in [1.29, 1.82) is 0 Å². The predicted molar refractivity (Wildman–Crippen MR) is 63.7 cm³/mol. The fourth-order valence-electron chi connectivity index (χ4n) is 1.96. The van der Waals surface area contributed by atoms with Crippen molar-refractivity contribution >= 4 is 17.2 Å². The Hall–Kier alpha value is -0.890. The van der Waals surface area contributed by atoms with Gasteiger partial charge in [-0.1, -0.05) is 42.4 Å². The van der Waals surface area contributed by atoms with E-state index in [9.17, 15) is 0 Å². The molecule has 0 aromatic heterocycles. The minimum absolute atomic E-state index is 0.534. The molecule has 2 heteroatoms. The maximum Gasteiger partial charge on any atom is 0.104 e. The van der Waals surface area contributed by atoms with Crippen molar-refractivity contribution in [1.82, 2.24) is 0 Å². The van der Waals surface area contributed by atoms with Crippen LogP contribution < -0.4 is 5.73 Å². The van der Waals surface area contributed by atoms with Gasteiger partial charge in [0, 0.05) is 5.56 Å². The van der Waals surface area contributed by atoms with Gasteiger partial charge in [-0.25, -0.2) is 0 Å². The molecular formula is C12H15NS. The van der Waals surface area contributed by atoms with E-state index in [0.717, 1.165) is 5.56 Å². The average molecular weight is 205 g/mol. The summed E-state index contributed by atoms with van der Waals surface area (Å²) in [5.41, 5.74) is 9.45. The summed E-state index contributed by atoms with van der Waals surface area (Å²) in [6.45, 7) is 2.12.